The molecule has 2 atom stereocenters. The van der Waals surface area contributed by atoms with Gasteiger partial charge in [-0.3, -0.25) is 0 Å². The molecule has 1 aliphatic carbocycles. The summed E-state index contributed by atoms with van der Waals surface area (Å²) in [6, 6.07) is 4.15. The molecule has 1 fully saturated rings. The molecule has 21 heavy (non-hydrogen) atoms. The highest BCUT2D eigenvalue weighted by molar-refractivity contribution is 5.19. The molecule has 0 aliphatic heterocycles. The molecule has 1 aromatic rings. The Hall–Kier alpha value is -0.960. The highest BCUT2D eigenvalue weighted by Crippen LogP contribution is 2.43. The highest BCUT2D eigenvalue weighted by atomic mass is 19.1. The van der Waals surface area contributed by atoms with Gasteiger partial charge in [-0.1, -0.05) is 33.6 Å². The van der Waals surface area contributed by atoms with Crippen LogP contribution in [-0.2, 0) is 6.42 Å². The normalized spacial score (nSPS) is 23.0. The van der Waals surface area contributed by atoms with Crippen molar-refractivity contribution in [3.05, 3.63) is 35.4 Å². The van der Waals surface area contributed by atoms with E-state index in [9.17, 15) is 8.78 Å². The summed E-state index contributed by atoms with van der Waals surface area (Å²) in [5, 5.41) is 3.55. The van der Waals surface area contributed by atoms with Crippen LogP contribution < -0.4 is 5.32 Å². The first kappa shape index (κ1) is 16.4. The van der Waals surface area contributed by atoms with Crippen molar-refractivity contribution in [3.8, 4) is 0 Å². The van der Waals surface area contributed by atoms with Crippen LogP contribution in [0.3, 0.4) is 0 Å². The van der Waals surface area contributed by atoms with Crippen LogP contribution in [0.1, 0.15) is 52.0 Å². The van der Waals surface area contributed by atoms with Crippen molar-refractivity contribution in [1.82, 2.24) is 5.32 Å². The van der Waals surface area contributed by atoms with Gasteiger partial charge in [0.1, 0.15) is 11.6 Å². The molecule has 1 aromatic carbocycles. The average Bonchev–Trinajstić information content (AvgIpc) is 2.36. The number of likely N-dealkylation sites (N-methyl/N-ethyl adjacent to an activating group) is 1. The van der Waals surface area contributed by atoms with Crippen LogP contribution >= 0.6 is 0 Å². The Morgan fingerprint density at radius 1 is 1.19 bits per heavy atom. The summed E-state index contributed by atoms with van der Waals surface area (Å²) in [5.74, 6) is -0.413. The van der Waals surface area contributed by atoms with E-state index in [1.807, 2.05) is 0 Å². The fourth-order valence-electron chi connectivity index (χ4n) is 3.87. The SMILES string of the molecule is CCNC(Cc1cc(F)cc(F)c1)C1CCCCC1(C)C. The van der Waals surface area contributed by atoms with Gasteiger partial charge in [0.2, 0.25) is 0 Å². The highest BCUT2D eigenvalue weighted by Gasteiger charge is 2.37. The van der Waals surface area contributed by atoms with E-state index in [4.69, 9.17) is 0 Å². The number of benzene rings is 1. The minimum absolute atomic E-state index is 0.284. The lowest BCUT2D eigenvalue weighted by Crippen LogP contribution is -2.46. The summed E-state index contributed by atoms with van der Waals surface area (Å²) in [4.78, 5) is 0. The van der Waals surface area contributed by atoms with Crippen molar-refractivity contribution in [2.24, 2.45) is 11.3 Å². The third-order valence-corrected chi connectivity index (χ3v) is 4.92. The molecule has 0 amide bonds. The molecule has 0 aromatic heterocycles. The van der Waals surface area contributed by atoms with Crippen LogP contribution in [0.15, 0.2) is 18.2 Å². The molecular formula is C18H27F2N. The molecule has 1 saturated carbocycles. The standard InChI is InChI=1S/C18H27F2N/c1-4-21-17(16-7-5-6-8-18(16,2)3)11-13-9-14(19)12-15(20)10-13/h9-10,12,16-17,21H,4-8,11H2,1-3H3. The molecule has 118 valence electrons. The Morgan fingerprint density at radius 3 is 2.43 bits per heavy atom. The Balaban J connectivity index is 2.18. The van der Waals surface area contributed by atoms with Crippen molar-refractivity contribution in [2.75, 3.05) is 6.54 Å². The molecule has 2 unspecified atom stereocenters. The van der Waals surface area contributed by atoms with Crippen molar-refractivity contribution >= 4 is 0 Å². The van der Waals surface area contributed by atoms with E-state index in [0.717, 1.165) is 18.2 Å². The lowest BCUT2D eigenvalue weighted by Gasteiger charge is -2.43. The number of halogens is 2. The van der Waals surface area contributed by atoms with E-state index in [2.05, 4.69) is 26.1 Å². The Kier molecular flexibility index (Phi) is 5.37. The van der Waals surface area contributed by atoms with E-state index in [1.54, 1.807) is 0 Å². The van der Waals surface area contributed by atoms with Gasteiger partial charge in [0, 0.05) is 12.1 Å². The minimum atomic E-state index is -0.483. The fourth-order valence-corrected chi connectivity index (χ4v) is 3.87. The van der Waals surface area contributed by atoms with Gasteiger partial charge in [-0.25, -0.2) is 8.78 Å². The number of hydrogen-bond acceptors (Lipinski definition) is 1. The molecule has 2 rings (SSSR count). The predicted octanol–water partition coefficient (Wildman–Crippen LogP) is 4.70. The maximum atomic E-state index is 13.4. The summed E-state index contributed by atoms with van der Waals surface area (Å²) in [6.07, 6.45) is 5.67. The first-order valence-corrected chi connectivity index (χ1v) is 8.10. The molecule has 0 bridgehead atoms. The zero-order valence-electron chi connectivity index (χ0n) is 13.4. The molecule has 0 spiro atoms. The lowest BCUT2D eigenvalue weighted by atomic mass is 9.65. The summed E-state index contributed by atoms with van der Waals surface area (Å²) in [7, 11) is 0. The second kappa shape index (κ2) is 6.87. The monoisotopic (exact) mass is 295 g/mol. The van der Waals surface area contributed by atoms with Crippen LogP contribution in [0, 0.1) is 23.0 Å². The second-order valence-corrected chi connectivity index (χ2v) is 6.99. The lowest BCUT2D eigenvalue weighted by molar-refractivity contribution is 0.0987. The molecule has 3 heteroatoms. The number of nitrogens with one attached hydrogen (secondary N) is 1. The Morgan fingerprint density at radius 2 is 1.86 bits per heavy atom. The molecule has 0 saturated heterocycles. The quantitative estimate of drug-likeness (QED) is 0.830. The van der Waals surface area contributed by atoms with E-state index in [0.29, 0.717) is 12.3 Å². The van der Waals surface area contributed by atoms with Gasteiger partial charge in [0.25, 0.3) is 0 Å². The van der Waals surface area contributed by atoms with E-state index < -0.39 is 11.6 Å². The largest absolute Gasteiger partial charge is 0.314 e. The first-order chi connectivity index (χ1) is 9.92. The predicted molar refractivity (Wildman–Crippen MR) is 83.3 cm³/mol. The van der Waals surface area contributed by atoms with Gasteiger partial charge >= 0.3 is 0 Å². The zero-order valence-corrected chi connectivity index (χ0v) is 13.4. The van der Waals surface area contributed by atoms with E-state index >= 15 is 0 Å². The van der Waals surface area contributed by atoms with Crippen molar-refractivity contribution in [3.63, 3.8) is 0 Å². The van der Waals surface area contributed by atoms with Crippen molar-refractivity contribution in [2.45, 2.75) is 58.9 Å². The summed E-state index contributed by atoms with van der Waals surface area (Å²) >= 11 is 0. The van der Waals surface area contributed by atoms with Gasteiger partial charge in [0.05, 0.1) is 0 Å². The first-order valence-electron chi connectivity index (χ1n) is 8.10. The van der Waals surface area contributed by atoms with Crippen LogP contribution in [0.25, 0.3) is 0 Å². The topological polar surface area (TPSA) is 12.0 Å². The maximum absolute atomic E-state index is 13.4. The average molecular weight is 295 g/mol. The van der Waals surface area contributed by atoms with E-state index in [1.165, 1.54) is 37.8 Å². The van der Waals surface area contributed by atoms with Gasteiger partial charge in [0.15, 0.2) is 0 Å². The summed E-state index contributed by atoms with van der Waals surface area (Å²) < 4.78 is 26.8. The van der Waals surface area contributed by atoms with Gasteiger partial charge in [-0.05, 0) is 54.8 Å². The van der Waals surface area contributed by atoms with Crippen LogP contribution in [0.5, 0.6) is 0 Å². The molecule has 0 heterocycles. The smallest absolute Gasteiger partial charge is 0.126 e. The molecule has 1 N–H and O–H groups in total. The van der Waals surface area contributed by atoms with Crippen molar-refractivity contribution < 1.29 is 8.78 Å². The molecule has 1 aliphatic rings. The van der Waals surface area contributed by atoms with Crippen LogP contribution in [-0.4, -0.2) is 12.6 Å². The number of rotatable bonds is 5. The second-order valence-electron chi connectivity index (χ2n) is 6.99. The summed E-state index contributed by atoms with van der Waals surface area (Å²) in [6.45, 7) is 7.63. The van der Waals surface area contributed by atoms with Gasteiger partial charge < -0.3 is 5.32 Å². The minimum Gasteiger partial charge on any atom is -0.314 e. The molecule has 0 radical (unpaired) electrons. The third kappa shape index (κ3) is 4.26. The van der Waals surface area contributed by atoms with E-state index in [-0.39, 0.29) is 11.5 Å². The summed E-state index contributed by atoms with van der Waals surface area (Å²) in [5.41, 5.74) is 1.04. The molecular weight excluding hydrogens is 268 g/mol. The fraction of sp³-hybridized carbons (Fsp3) is 0.667. The zero-order chi connectivity index (χ0) is 15.5. The molecule has 1 nitrogen and oxygen atoms in total. The van der Waals surface area contributed by atoms with Crippen LogP contribution in [0.4, 0.5) is 8.78 Å². The third-order valence-electron chi connectivity index (χ3n) is 4.92. The Labute approximate surface area is 127 Å². The maximum Gasteiger partial charge on any atom is 0.126 e. The van der Waals surface area contributed by atoms with Crippen molar-refractivity contribution in [1.29, 1.82) is 0 Å². The van der Waals surface area contributed by atoms with Gasteiger partial charge in [-0.15, -0.1) is 0 Å². The number of hydrogen-bond donors (Lipinski definition) is 1. The Bertz CT molecular complexity index is 450. The van der Waals surface area contributed by atoms with Crippen LogP contribution in [0.2, 0.25) is 0 Å². The van der Waals surface area contributed by atoms with Gasteiger partial charge in [-0.2, -0.15) is 0 Å².